The second-order valence-electron chi connectivity index (χ2n) is 12.6. The molecule has 226 valence electrons. The van der Waals surface area contributed by atoms with Crippen LogP contribution < -0.4 is 4.74 Å². The van der Waals surface area contributed by atoms with Gasteiger partial charge in [-0.2, -0.15) is 9.78 Å². The fourth-order valence-electron chi connectivity index (χ4n) is 5.23. The van der Waals surface area contributed by atoms with Gasteiger partial charge in [-0.25, -0.2) is 14.4 Å². The van der Waals surface area contributed by atoms with Crippen LogP contribution in [0.25, 0.3) is 0 Å². The van der Waals surface area contributed by atoms with E-state index in [0.717, 1.165) is 0 Å². The highest BCUT2D eigenvalue weighted by molar-refractivity contribution is 5.98. The molecule has 0 radical (unpaired) electrons. The Kier molecular flexibility index (Phi) is 7.61. The molecule has 0 amide bonds. The van der Waals surface area contributed by atoms with Gasteiger partial charge < -0.3 is 9.47 Å². The summed E-state index contributed by atoms with van der Waals surface area (Å²) in [5.74, 6) is -1.33. The average Bonchev–Trinajstić information content (AvgIpc) is 3.25. The first-order valence-electron chi connectivity index (χ1n) is 14.3. The maximum absolute atomic E-state index is 13.3. The van der Waals surface area contributed by atoms with Gasteiger partial charge in [0, 0.05) is 16.7 Å². The van der Waals surface area contributed by atoms with Gasteiger partial charge in [0.1, 0.15) is 22.7 Å². The molecule has 0 bridgehead atoms. The minimum Gasteiger partial charge on any atom is -0.456 e. The van der Waals surface area contributed by atoms with E-state index in [-0.39, 0.29) is 22.6 Å². The van der Waals surface area contributed by atoms with Crippen LogP contribution in [0.15, 0.2) is 48.5 Å². The lowest BCUT2D eigenvalue weighted by molar-refractivity contribution is -0.301. The zero-order valence-electron chi connectivity index (χ0n) is 25.7. The Labute approximate surface area is 250 Å². The SMILES string of the molecule is CCc1cc2c(cc1C(=O)OOC(C)(C)C)Oc1cc(C(=O)OOC(C)(C)C)c(CC)cc1C21OC(=O)c2ccccc21. The molecule has 2 heterocycles. The highest BCUT2D eigenvalue weighted by Gasteiger charge is 2.54. The van der Waals surface area contributed by atoms with E-state index in [1.54, 1.807) is 65.8 Å². The maximum atomic E-state index is 13.3. The van der Waals surface area contributed by atoms with Crippen LogP contribution in [0.5, 0.6) is 11.5 Å². The van der Waals surface area contributed by atoms with Crippen molar-refractivity contribution in [1.29, 1.82) is 0 Å². The van der Waals surface area contributed by atoms with Crippen LogP contribution in [-0.4, -0.2) is 29.1 Å². The molecule has 0 N–H and O–H groups in total. The van der Waals surface area contributed by atoms with E-state index in [2.05, 4.69) is 0 Å². The summed E-state index contributed by atoms with van der Waals surface area (Å²) in [6.07, 6.45) is 0.953. The molecule has 9 nitrogen and oxygen atoms in total. The largest absolute Gasteiger partial charge is 0.456 e. The van der Waals surface area contributed by atoms with Crippen LogP contribution in [0.2, 0.25) is 0 Å². The minimum absolute atomic E-state index is 0.241. The molecule has 2 aliphatic rings. The Bertz CT molecular complexity index is 1530. The number of carbonyl (C=O) groups excluding carboxylic acids is 3. The number of ether oxygens (including phenoxy) is 2. The van der Waals surface area contributed by atoms with Crippen molar-refractivity contribution in [2.75, 3.05) is 0 Å². The summed E-state index contributed by atoms with van der Waals surface area (Å²) >= 11 is 0. The normalized spacial score (nSPS) is 14.7. The fraction of sp³-hybridized carbons (Fsp3) is 0.382. The average molecular weight is 589 g/mol. The van der Waals surface area contributed by atoms with E-state index < -0.39 is 34.7 Å². The molecular weight excluding hydrogens is 552 g/mol. The van der Waals surface area contributed by atoms with E-state index in [1.165, 1.54) is 0 Å². The Hall–Kier alpha value is -4.21. The molecule has 3 aromatic carbocycles. The Balaban J connectivity index is 1.72. The van der Waals surface area contributed by atoms with Gasteiger partial charge in [-0.15, -0.1) is 0 Å². The molecule has 0 saturated heterocycles. The molecule has 0 atom stereocenters. The minimum atomic E-state index is -1.39. The van der Waals surface area contributed by atoms with Gasteiger partial charge in [0.25, 0.3) is 0 Å². The van der Waals surface area contributed by atoms with Crippen LogP contribution in [-0.2, 0) is 42.7 Å². The molecule has 2 aliphatic heterocycles. The summed E-state index contributed by atoms with van der Waals surface area (Å²) in [6.45, 7) is 14.4. The van der Waals surface area contributed by atoms with E-state index in [4.69, 9.17) is 29.0 Å². The number of carbonyl (C=O) groups is 3. The molecule has 0 fully saturated rings. The van der Waals surface area contributed by atoms with E-state index >= 15 is 0 Å². The Morgan fingerprint density at radius 2 is 1.19 bits per heavy atom. The Morgan fingerprint density at radius 3 is 1.63 bits per heavy atom. The third-order valence-electron chi connectivity index (χ3n) is 7.10. The van der Waals surface area contributed by atoms with Gasteiger partial charge in [-0.1, -0.05) is 32.0 Å². The maximum Gasteiger partial charge on any atom is 0.373 e. The fourth-order valence-corrected chi connectivity index (χ4v) is 5.23. The lowest BCUT2D eigenvalue weighted by Gasteiger charge is -2.37. The number of hydrogen-bond acceptors (Lipinski definition) is 9. The molecule has 5 rings (SSSR count). The van der Waals surface area contributed by atoms with Crippen LogP contribution in [0, 0.1) is 0 Å². The lowest BCUT2D eigenvalue weighted by atomic mass is 9.75. The first-order chi connectivity index (χ1) is 20.2. The molecule has 3 aromatic rings. The number of fused-ring (bicyclic) bond motifs is 6. The number of aryl methyl sites for hydroxylation is 2. The van der Waals surface area contributed by atoms with Gasteiger partial charge in [-0.05, 0) is 95.8 Å². The second kappa shape index (κ2) is 10.8. The van der Waals surface area contributed by atoms with Crippen molar-refractivity contribution in [1.82, 2.24) is 0 Å². The first-order valence-corrected chi connectivity index (χ1v) is 14.3. The van der Waals surface area contributed by atoms with Gasteiger partial charge in [0.2, 0.25) is 0 Å². The number of hydrogen-bond donors (Lipinski definition) is 0. The van der Waals surface area contributed by atoms with Crippen LogP contribution in [0.4, 0.5) is 0 Å². The molecule has 0 unspecified atom stereocenters. The molecule has 0 aromatic heterocycles. The topological polar surface area (TPSA) is 107 Å². The first kappa shape index (κ1) is 30.3. The number of benzene rings is 3. The predicted octanol–water partition coefficient (Wildman–Crippen LogP) is 7.15. The summed E-state index contributed by atoms with van der Waals surface area (Å²) in [4.78, 5) is 60.6. The predicted molar refractivity (Wildman–Crippen MR) is 156 cm³/mol. The van der Waals surface area contributed by atoms with Crippen molar-refractivity contribution in [2.24, 2.45) is 0 Å². The summed E-state index contributed by atoms with van der Waals surface area (Å²) in [5.41, 5.74) is 1.14. The highest BCUT2D eigenvalue weighted by Crippen LogP contribution is 2.57. The summed E-state index contributed by atoms with van der Waals surface area (Å²) in [7, 11) is 0. The van der Waals surface area contributed by atoms with Crippen molar-refractivity contribution >= 4 is 17.9 Å². The summed E-state index contributed by atoms with van der Waals surface area (Å²) < 4.78 is 12.7. The molecule has 0 aliphatic carbocycles. The summed E-state index contributed by atoms with van der Waals surface area (Å²) in [6, 6.07) is 13.9. The van der Waals surface area contributed by atoms with Crippen LogP contribution >= 0.6 is 0 Å². The van der Waals surface area contributed by atoms with Crippen LogP contribution in [0.3, 0.4) is 0 Å². The highest BCUT2D eigenvalue weighted by atomic mass is 17.2. The number of rotatable bonds is 6. The number of esters is 1. The van der Waals surface area contributed by atoms with Gasteiger partial charge >= 0.3 is 17.9 Å². The van der Waals surface area contributed by atoms with Crippen molar-refractivity contribution in [3.63, 3.8) is 0 Å². The van der Waals surface area contributed by atoms with E-state index in [0.29, 0.717) is 46.2 Å². The molecule has 43 heavy (non-hydrogen) atoms. The molecule has 9 heteroatoms. The Morgan fingerprint density at radius 1 is 0.721 bits per heavy atom. The monoisotopic (exact) mass is 588 g/mol. The van der Waals surface area contributed by atoms with E-state index in [1.807, 2.05) is 38.1 Å². The standard InChI is InChI=1S/C34H36O9/c1-9-19-15-25-27(17-22(19)30(36)40-42-32(3,4)5)38-28-18-23(31(37)41-43-33(6,7)8)20(10-2)16-26(28)34(25)24-14-12-11-13-21(24)29(35)39-34/h11-18H,9-10H2,1-8H3. The summed E-state index contributed by atoms with van der Waals surface area (Å²) in [5, 5.41) is 0. The molecular formula is C34H36O9. The van der Waals surface area contributed by atoms with Gasteiger partial charge in [-0.3, -0.25) is 9.78 Å². The zero-order valence-corrected chi connectivity index (χ0v) is 25.7. The van der Waals surface area contributed by atoms with E-state index in [9.17, 15) is 14.4 Å². The molecule has 0 saturated carbocycles. The van der Waals surface area contributed by atoms with Crippen molar-refractivity contribution in [2.45, 2.75) is 85.0 Å². The third kappa shape index (κ3) is 5.50. The van der Waals surface area contributed by atoms with Crippen molar-refractivity contribution in [3.8, 4) is 11.5 Å². The third-order valence-corrected chi connectivity index (χ3v) is 7.10. The smallest absolute Gasteiger partial charge is 0.373 e. The van der Waals surface area contributed by atoms with Gasteiger partial charge in [0.05, 0.1) is 16.7 Å². The second-order valence-corrected chi connectivity index (χ2v) is 12.6. The van der Waals surface area contributed by atoms with Crippen molar-refractivity contribution < 1.29 is 43.4 Å². The molecule has 1 spiro atoms. The quantitative estimate of drug-likeness (QED) is 0.168. The van der Waals surface area contributed by atoms with Crippen LogP contribution in [0.1, 0.15) is 114 Å². The van der Waals surface area contributed by atoms with Gasteiger partial charge in [0.15, 0.2) is 5.60 Å². The van der Waals surface area contributed by atoms with Crippen molar-refractivity contribution in [3.05, 3.63) is 93.0 Å². The lowest BCUT2D eigenvalue weighted by Crippen LogP contribution is -2.34. The zero-order chi connectivity index (χ0) is 31.3.